The van der Waals surface area contributed by atoms with Gasteiger partial charge in [-0.25, -0.2) is 0 Å². The maximum Gasteiger partial charge on any atom is 0.233 e. The van der Waals surface area contributed by atoms with E-state index in [1.54, 1.807) is 0 Å². The first kappa shape index (κ1) is 19.7. The molecule has 0 aliphatic heterocycles. The lowest BCUT2D eigenvalue weighted by atomic mass is 10.2. The van der Waals surface area contributed by atoms with Crippen molar-refractivity contribution < 1.29 is 9.21 Å². The van der Waals surface area contributed by atoms with Crippen LogP contribution in [0.15, 0.2) is 56.7 Å². The number of carbonyl (C=O) groups excluding carboxylic acids is 1. The highest BCUT2D eigenvalue weighted by atomic mass is 79.9. The van der Waals surface area contributed by atoms with Gasteiger partial charge in [0.05, 0.1) is 12.3 Å². The summed E-state index contributed by atoms with van der Waals surface area (Å²) in [6.07, 6.45) is 0. The third kappa shape index (κ3) is 4.81. The highest BCUT2D eigenvalue weighted by Crippen LogP contribution is 2.28. The zero-order valence-corrected chi connectivity index (χ0v) is 17.7. The van der Waals surface area contributed by atoms with Crippen LogP contribution in [0.4, 0.5) is 0 Å². The Bertz CT molecular complexity index is 890. The van der Waals surface area contributed by atoms with E-state index in [1.165, 1.54) is 11.8 Å². The molecule has 0 aliphatic rings. The van der Waals surface area contributed by atoms with E-state index in [-0.39, 0.29) is 5.91 Å². The van der Waals surface area contributed by atoms with E-state index in [2.05, 4.69) is 38.3 Å². The number of carbonyl (C=O) groups is 1. The molecule has 0 atom stereocenters. The quantitative estimate of drug-likeness (QED) is 0.480. The molecule has 0 bridgehead atoms. The summed E-state index contributed by atoms with van der Waals surface area (Å²) in [6, 6.07) is 13.8. The largest absolute Gasteiger partial charge is 0.446 e. The zero-order chi connectivity index (χ0) is 19.2. The number of hydrogen-bond acceptors (Lipinski definition) is 5. The molecule has 0 spiro atoms. The summed E-state index contributed by atoms with van der Waals surface area (Å²) in [5, 5.41) is 9.32. The molecule has 0 N–H and O–H groups in total. The lowest BCUT2D eigenvalue weighted by Crippen LogP contribution is -2.31. The van der Waals surface area contributed by atoms with Crippen molar-refractivity contribution in [2.45, 2.75) is 25.5 Å². The molecule has 3 aromatic rings. The number of rotatable bonds is 8. The fourth-order valence-electron chi connectivity index (χ4n) is 2.71. The molecule has 1 aromatic carbocycles. The standard InChI is InChI=1S/C19H21BrN4O2S/c1-3-23(4-2)17(25)13-27-19-22-21-18(15-10-11-16(20)26-15)24(19)12-14-8-6-5-7-9-14/h5-11H,3-4,12-13H2,1-2H3. The SMILES string of the molecule is CCN(CC)C(=O)CSc1nnc(-c2ccc(Br)o2)n1Cc1ccccc1. The molecular formula is C19H21BrN4O2S. The van der Waals surface area contributed by atoms with E-state index in [0.717, 1.165) is 5.56 Å². The molecule has 2 heterocycles. The molecular weight excluding hydrogens is 428 g/mol. The van der Waals surface area contributed by atoms with Crippen molar-refractivity contribution in [1.82, 2.24) is 19.7 Å². The molecule has 8 heteroatoms. The molecule has 6 nitrogen and oxygen atoms in total. The number of furan rings is 1. The minimum Gasteiger partial charge on any atom is -0.446 e. The number of nitrogens with zero attached hydrogens (tertiary/aromatic N) is 4. The average Bonchev–Trinajstić information content (AvgIpc) is 3.28. The molecule has 0 fully saturated rings. The monoisotopic (exact) mass is 448 g/mol. The van der Waals surface area contributed by atoms with Crippen LogP contribution in [0.2, 0.25) is 0 Å². The predicted octanol–water partition coefficient (Wildman–Crippen LogP) is 4.31. The first-order valence-corrected chi connectivity index (χ1v) is 10.5. The number of amides is 1. The number of hydrogen-bond donors (Lipinski definition) is 0. The van der Waals surface area contributed by atoms with Gasteiger partial charge in [0.1, 0.15) is 0 Å². The van der Waals surface area contributed by atoms with Gasteiger partial charge >= 0.3 is 0 Å². The molecule has 0 saturated carbocycles. The molecule has 27 heavy (non-hydrogen) atoms. The number of halogens is 1. The number of thioether (sulfide) groups is 1. The molecule has 0 radical (unpaired) electrons. The topological polar surface area (TPSA) is 64.2 Å². The van der Waals surface area contributed by atoms with Crippen molar-refractivity contribution in [1.29, 1.82) is 0 Å². The summed E-state index contributed by atoms with van der Waals surface area (Å²) in [6.45, 7) is 5.98. The molecule has 0 aliphatic carbocycles. The van der Waals surface area contributed by atoms with Gasteiger partial charge in [-0.2, -0.15) is 0 Å². The van der Waals surface area contributed by atoms with Gasteiger partial charge in [0.2, 0.25) is 11.7 Å². The Morgan fingerprint density at radius 3 is 2.52 bits per heavy atom. The van der Waals surface area contributed by atoms with Crippen LogP contribution >= 0.6 is 27.7 Å². The van der Waals surface area contributed by atoms with E-state index >= 15 is 0 Å². The molecule has 2 aromatic heterocycles. The maximum absolute atomic E-state index is 12.4. The summed E-state index contributed by atoms with van der Waals surface area (Å²) < 4.78 is 8.29. The normalized spacial score (nSPS) is 10.9. The van der Waals surface area contributed by atoms with Crippen molar-refractivity contribution in [3.05, 3.63) is 52.7 Å². The third-order valence-corrected chi connectivity index (χ3v) is 5.51. The molecule has 0 unspecified atom stereocenters. The van der Waals surface area contributed by atoms with Crippen molar-refractivity contribution in [3.63, 3.8) is 0 Å². The summed E-state index contributed by atoms with van der Waals surface area (Å²) in [5.74, 6) is 1.70. The zero-order valence-electron chi connectivity index (χ0n) is 15.3. The van der Waals surface area contributed by atoms with Crippen LogP contribution in [0.3, 0.4) is 0 Å². The summed E-state index contributed by atoms with van der Waals surface area (Å²) in [4.78, 5) is 14.2. The van der Waals surface area contributed by atoms with Gasteiger partial charge in [0, 0.05) is 13.1 Å². The van der Waals surface area contributed by atoms with Crippen molar-refractivity contribution in [2.24, 2.45) is 0 Å². The van der Waals surface area contributed by atoms with Gasteiger partial charge in [0.25, 0.3) is 0 Å². The van der Waals surface area contributed by atoms with Gasteiger partial charge in [-0.05, 0) is 47.5 Å². The Kier molecular flexibility index (Phi) is 6.73. The van der Waals surface area contributed by atoms with Crippen LogP contribution in [-0.4, -0.2) is 44.4 Å². The van der Waals surface area contributed by atoms with Crippen molar-refractivity contribution >= 4 is 33.6 Å². The minimum absolute atomic E-state index is 0.0987. The van der Waals surface area contributed by atoms with Gasteiger partial charge < -0.3 is 9.32 Å². The lowest BCUT2D eigenvalue weighted by molar-refractivity contribution is -0.127. The Hall–Kier alpha value is -2.06. The van der Waals surface area contributed by atoms with Crippen molar-refractivity contribution in [3.8, 4) is 11.6 Å². The Labute approximate surface area is 171 Å². The molecule has 1 amide bonds. The van der Waals surface area contributed by atoms with Crippen LogP contribution in [0, 0.1) is 0 Å². The second-order valence-corrected chi connectivity index (χ2v) is 7.56. The molecule has 3 rings (SSSR count). The second kappa shape index (κ2) is 9.23. The Balaban J connectivity index is 1.87. The number of aromatic nitrogens is 3. The maximum atomic E-state index is 12.4. The van der Waals surface area contributed by atoms with E-state index in [4.69, 9.17) is 4.42 Å². The Morgan fingerprint density at radius 1 is 1.15 bits per heavy atom. The van der Waals surface area contributed by atoms with Crippen molar-refractivity contribution in [2.75, 3.05) is 18.8 Å². The number of benzene rings is 1. The van der Waals surface area contributed by atoms with Gasteiger partial charge in [0.15, 0.2) is 15.6 Å². The van der Waals surface area contributed by atoms with E-state index in [1.807, 2.05) is 53.6 Å². The van der Waals surface area contributed by atoms with E-state index < -0.39 is 0 Å². The average molecular weight is 449 g/mol. The molecule has 142 valence electrons. The van der Waals surface area contributed by atoms with E-state index in [0.29, 0.717) is 46.8 Å². The van der Waals surface area contributed by atoms with Crippen LogP contribution in [0.5, 0.6) is 0 Å². The smallest absolute Gasteiger partial charge is 0.233 e. The van der Waals surface area contributed by atoms with Gasteiger partial charge in [-0.3, -0.25) is 9.36 Å². The van der Waals surface area contributed by atoms with Crippen LogP contribution < -0.4 is 0 Å². The first-order chi connectivity index (χ1) is 13.1. The highest BCUT2D eigenvalue weighted by Gasteiger charge is 2.19. The third-order valence-electron chi connectivity index (χ3n) is 4.13. The van der Waals surface area contributed by atoms with Gasteiger partial charge in [-0.15, -0.1) is 10.2 Å². The predicted molar refractivity (Wildman–Crippen MR) is 110 cm³/mol. The lowest BCUT2D eigenvalue weighted by Gasteiger charge is -2.18. The first-order valence-electron chi connectivity index (χ1n) is 8.75. The fraction of sp³-hybridized carbons (Fsp3) is 0.316. The fourth-order valence-corrected chi connectivity index (χ4v) is 3.86. The summed E-state index contributed by atoms with van der Waals surface area (Å²) in [5.41, 5.74) is 1.13. The van der Waals surface area contributed by atoms with Crippen LogP contribution in [0.25, 0.3) is 11.6 Å². The van der Waals surface area contributed by atoms with Crippen LogP contribution in [-0.2, 0) is 11.3 Å². The summed E-state index contributed by atoms with van der Waals surface area (Å²) in [7, 11) is 0. The minimum atomic E-state index is 0.0987. The van der Waals surface area contributed by atoms with Crippen LogP contribution in [0.1, 0.15) is 19.4 Å². The summed E-state index contributed by atoms with van der Waals surface area (Å²) >= 11 is 4.73. The van der Waals surface area contributed by atoms with Gasteiger partial charge in [-0.1, -0.05) is 42.1 Å². The van der Waals surface area contributed by atoms with E-state index in [9.17, 15) is 4.79 Å². The molecule has 0 saturated heterocycles. The highest BCUT2D eigenvalue weighted by molar-refractivity contribution is 9.10. The Morgan fingerprint density at radius 2 is 1.89 bits per heavy atom. The second-order valence-electron chi connectivity index (χ2n) is 5.84.